The molecule has 0 fully saturated rings. The molecule has 0 aromatic heterocycles. The van der Waals surface area contributed by atoms with Crippen LogP contribution in [0.2, 0.25) is 0 Å². The second-order valence-electron chi connectivity index (χ2n) is 0.759. The first-order chi connectivity index (χ1) is 2.91. The maximum Gasteiger partial charge on any atom is 0.0358 e. The molecule has 0 saturated carbocycles. The number of hydrogen-bond acceptors (Lipinski definition) is 1. The summed E-state index contributed by atoms with van der Waals surface area (Å²) in [5, 5.41) is 3.87. The molecule has 1 nitrogen and oxygen atoms in total. The van der Waals surface area contributed by atoms with Gasteiger partial charge in [0, 0.05) is 14.1 Å². The van der Waals surface area contributed by atoms with Crippen LogP contribution >= 0.6 is 7.51 Å². The highest BCUT2D eigenvalue weighted by Gasteiger charge is 1.64. The van der Waals surface area contributed by atoms with Crippen LogP contribution in [0.5, 0.6) is 0 Å². The molecule has 0 bridgehead atoms. The summed E-state index contributed by atoms with van der Waals surface area (Å²) in [6.45, 7) is 4.21. The lowest BCUT2D eigenvalue weighted by atomic mass is 10.7. The molecule has 0 N–H and O–H groups in total. The Bertz CT molecular complexity index is 46.8. The fourth-order valence-corrected chi connectivity index (χ4v) is 0.611. The van der Waals surface area contributed by atoms with Gasteiger partial charge in [0.15, 0.2) is 0 Å². The Morgan fingerprint density at radius 2 is 2.67 bits per heavy atom. The molecule has 0 aliphatic rings. The lowest BCUT2D eigenvalue weighted by Gasteiger charge is -1.78. The van der Waals surface area contributed by atoms with Crippen molar-refractivity contribution in [2.24, 2.45) is 0 Å². The van der Waals surface area contributed by atoms with Crippen LogP contribution < -0.4 is 5.09 Å². The first kappa shape index (κ1) is 6.35. The second-order valence-corrected chi connectivity index (χ2v) is 1.97. The number of hydrogen-bond donors (Lipinski definition) is 0. The van der Waals surface area contributed by atoms with Crippen molar-refractivity contribution < 1.29 is 0 Å². The van der Waals surface area contributed by atoms with Gasteiger partial charge < -0.3 is 0 Å². The van der Waals surface area contributed by atoms with E-state index in [1.807, 2.05) is 0 Å². The summed E-state index contributed by atoms with van der Waals surface area (Å²) in [5.74, 6) is 0. The van der Waals surface area contributed by atoms with E-state index in [9.17, 15) is 0 Å². The van der Waals surface area contributed by atoms with Crippen LogP contribution in [0.15, 0.2) is 12.7 Å². The molecule has 35 valence electrons. The Labute approximate surface area is 44.3 Å². The van der Waals surface area contributed by atoms with Crippen molar-refractivity contribution in [2.75, 3.05) is 6.54 Å². The van der Waals surface area contributed by atoms with Gasteiger partial charge in [-0.05, 0) is 0 Å². The second kappa shape index (κ2) is 5.35. The van der Waals surface area contributed by atoms with Crippen molar-refractivity contribution in [3.63, 3.8) is 0 Å². The van der Waals surface area contributed by atoms with Crippen molar-refractivity contribution in [3.05, 3.63) is 12.7 Å². The average molecular weight is 120 g/mol. The quantitative estimate of drug-likeness (QED) is 0.301. The van der Waals surface area contributed by atoms with Gasteiger partial charge >= 0.3 is 0 Å². The van der Waals surface area contributed by atoms with Crippen LogP contribution in [-0.4, -0.2) is 6.54 Å². The van der Waals surface area contributed by atoms with E-state index < -0.39 is 0 Å². The highest BCUT2D eigenvalue weighted by molar-refractivity contribution is 7.95. The first-order valence-electron chi connectivity index (χ1n) is 1.63. The van der Waals surface area contributed by atoms with Crippen molar-refractivity contribution in [1.29, 1.82) is 0 Å². The Hall–Kier alpha value is 0.350. The minimum Gasteiger partial charge on any atom is -0.209 e. The molecule has 0 aliphatic heterocycles. The van der Waals surface area contributed by atoms with Gasteiger partial charge in [0.2, 0.25) is 0 Å². The van der Waals surface area contributed by atoms with Gasteiger partial charge in [-0.25, -0.2) is 5.09 Å². The van der Waals surface area contributed by atoms with E-state index in [-0.39, 0.29) is 7.51 Å². The topological polar surface area (TPSA) is 14.1 Å². The summed E-state index contributed by atoms with van der Waals surface area (Å²) in [6, 6.07) is 0. The third-order valence-electron chi connectivity index (χ3n) is 0.309. The lowest BCUT2D eigenvalue weighted by molar-refractivity contribution is 1.11. The predicted octanol–water partition coefficient (Wildman–Crippen LogP) is 0.564. The molecule has 0 amide bonds. The molecule has 6 heavy (non-hydrogen) atoms. The molecule has 1 unspecified atom stereocenters. The highest BCUT2D eigenvalue weighted by atomic mass is 32.4. The zero-order chi connectivity index (χ0) is 4.83. The van der Waals surface area contributed by atoms with Crippen LogP contribution in [0.3, 0.4) is 0 Å². The molecule has 0 rings (SSSR count). The van der Waals surface area contributed by atoms with Gasteiger partial charge in [0.05, 0.1) is 0 Å². The zero-order valence-electron chi connectivity index (χ0n) is 3.42. The smallest absolute Gasteiger partial charge is 0.0358 e. The number of nitrogens with zero attached hydrogens (tertiary/aromatic N) is 1. The monoisotopic (exact) mass is 120 g/mol. The third-order valence-corrected chi connectivity index (χ3v) is 1.12. The Kier molecular flexibility index (Phi) is 5.66. The van der Waals surface area contributed by atoms with Gasteiger partial charge in [-0.2, -0.15) is 0 Å². The third kappa shape index (κ3) is 4.35. The van der Waals surface area contributed by atoms with E-state index in [4.69, 9.17) is 0 Å². The molecule has 0 heterocycles. The minimum absolute atomic E-state index is 0.0791. The summed E-state index contributed by atoms with van der Waals surface area (Å²) < 4.78 is 0. The molecule has 0 saturated heterocycles. The first-order valence-corrected chi connectivity index (χ1v) is 4.03. The van der Waals surface area contributed by atoms with Crippen molar-refractivity contribution in [1.82, 2.24) is 5.09 Å². The van der Waals surface area contributed by atoms with Crippen molar-refractivity contribution in [3.8, 4) is 0 Å². The Morgan fingerprint density at radius 1 is 2.00 bits per heavy atom. The SMILES string of the molecule is C=CC[N][PH2]=S. The van der Waals surface area contributed by atoms with Gasteiger partial charge in [-0.3, -0.25) is 0 Å². The van der Waals surface area contributed by atoms with E-state index in [2.05, 4.69) is 23.5 Å². The maximum absolute atomic E-state index is 4.59. The number of rotatable bonds is 3. The molecule has 0 aliphatic carbocycles. The summed E-state index contributed by atoms with van der Waals surface area (Å²) in [7, 11) is -0.0791. The van der Waals surface area contributed by atoms with Gasteiger partial charge in [-0.15, -0.1) is 6.58 Å². The van der Waals surface area contributed by atoms with Crippen LogP contribution in [-0.2, 0) is 11.8 Å². The maximum atomic E-state index is 4.59. The van der Waals surface area contributed by atoms with Crippen LogP contribution in [0.1, 0.15) is 0 Å². The minimum atomic E-state index is -0.0791. The van der Waals surface area contributed by atoms with E-state index in [0.717, 1.165) is 6.54 Å². The van der Waals surface area contributed by atoms with Crippen molar-refractivity contribution in [2.45, 2.75) is 0 Å². The van der Waals surface area contributed by atoms with Crippen molar-refractivity contribution >= 4 is 19.3 Å². The van der Waals surface area contributed by atoms with E-state index in [0.29, 0.717) is 0 Å². The molecule has 1 atom stereocenters. The summed E-state index contributed by atoms with van der Waals surface area (Å²) in [5.41, 5.74) is 0. The Morgan fingerprint density at radius 3 is 2.83 bits per heavy atom. The highest BCUT2D eigenvalue weighted by Crippen LogP contribution is 1.81. The standard InChI is InChI=1S/C3H7NPS/c1-2-3-4-5-6/h2H,1,3,5H2. The molecular formula is C3H7NPS. The van der Waals surface area contributed by atoms with Crippen LogP contribution in [0, 0.1) is 0 Å². The summed E-state index contributed by atoms with van der Waals surface area (Å²) >= 11 is 4.59. The largest absolute Gasteiger partial charge is 0.209 e. The zero-order valence-corrected chi connectivity index (χ0v) is 5.40. The normalized spacial score (nSPS) is 10.0. The van der Waals surface area contributed by atoms with Gasteiger partial charge in [0.25, 0.3) is 0 Å². The predicted molar refractivity (Wildman–Crippen MR) is 34.3 cm³/mol. The fraction of sp³-hybridized carbons (Fsp3) is 0.333. The van der Waals surface area contributed by atoms with E-state index >= 15 is 0 Å². The lowest BCUT2D eigenvalue weighted by Crippen LogP contribution is -1.84. The molecule has 1 radical (unpaired) electrons. The van der Waals surface area contributed by atoms with Crippen LogP contribution in [0.4, 0.5) is 0 Å². The van der Waals surface area contributed by atoms with E-state index in [1.165, 1.54) is 0 Å². The summed E-state index contributed by atoms with van der Waals surface area (Å²) in [6.07, 6.45) is 1.75. The molecule has 0 spiro atoms. The average Bonchev–Trinajstić information content (AvgIpc) is 1.61. The van der Waals surface area contributed by atoms with Crippen LogP contribution in [0.25, 0.3) is 0 Å². The molecule has 0 aromatic carbocycles. The van der Waals surface area contributed by atoms with E-state index in [1.54, 1.807) is 6.08 Å². The Balaban J connectivity index is 2.66. The summed E-state index contributed by atoms with van der Waals surface area (Å²) in [4.78, 5) is 0. The molecular weight excluding hydrogens is 113 g/mol. The molecule has 0 aromatic rings. The van der Waals surface area contributed by atoms with Gasteiger partial charge in [-0.1, -0.05) is 17.9 Å². The fourth-order valence-electron chi connectivity index (χ4n) is 0.118. The van der Waals surface area contributed by atoms with Gasteiger partial charge in [0.1, 0.15) is 0 Å². The molecule has 3 heteroatoms.